The molecular formula is C22H21Cl. The van der Waals surface area contributed by atoms with E-state index in [1.54, 1.807) is 6.08 Å². The topological polar surface area (TPSA) is 0 Å². The van der Waals surface area contributed by atoms with Crippen molar-refractivity contribution >= 4 is 23.8 Å². The molecular weight excluding hydrogens is 300 g/mol. The van der Waals surface area contributed by atoms with Gasteiger partial charge < -0.3 is 0 Å². The first-order chi connectivity index (χ1) is 11.3. The SMILES string of the molecule is C=Cc1ccc(Cl)cc1.C=Cc1ccccc1.c1ccccc1. The zero-order chi connectivity index (χ0) is 16.8. The fourth-order valence-corrected chi connectivity index (χ4v) is 1.70. The lowest BCUT2D eigenvalue weighted by atomic mass is 10.2. The number of benzene rings is 3. The maximum Gasteiger partial charge on any atom is 0.0406 e. The lowest BCUT2D eigenvalue weighted by Gasteiger charge is -1.89. The van der Waals surface area contributed by atoms with Gasteiger partial charge in [-0.3, -0.25) is 0 Å². The Morgan fingerprint density at radius 3 is 1.22 bits per heavy atom. The standard InChI is InChI=1S/C8H7Cl.C8H8.C6H6/c1-2-7-3-5-8(9)6-4-7;1-2-8-6-4-3-5-7-8;1-2-4-6-5-3-1/h2-6H,1H2;2-7H,1H2;1-6H. The highest BCUT2D eigenvalue weighted by Crippen LogP contribution is 2.09. The fourth-order valence-electron chi connectivity index (χ4n) is 1.57. The van der Waals surface area contributed by atoms with Gasteiger partial charge in [-0.1, -0.05) is 116 Å². The molecule has 0 radical (unpaired) electrons. The highest BCUT2D eigenvalue weighted by Gasteiger charge is 1.84. The van der Waals surface area contributed by atoms with Crippen molar-refractivity contribution in [3.63, 3.8) is 0 Å². The molecule has 0 atom stereocenters. The van der Waals surface area contributed by atoms with Crippen molar-refractivity contribution in [1.29, 1.82) is 0 Å². The molecule has 0 nitrogen and oxygen atoms in total. The van der Waals surface area contributed by atoms with Gasteiger partial charge in [0.15, 0.2) is 0 Å². The molecule has 0 N–H and O–H groups in total. The summed E-state index contributed by atoms with van der Waals surface area (Å²) in [6, 6.07) is 29.6. The van der Waals surface area contributed by atoms with E-state index in [0.717, 1.165) is 10.6 Å². The van der Waals surface area contributed by atoms with Crippen LogP contribution in [0, 0.1) is 0 Å². The predicted octanol–water partition coefficient (Wildman–Crippen LogP) is 7.00. The van der Waals surface area contributed by atoms with Crippen LogP contribution < -0.4 is 0 Å². The van der Waals surface area contributed by atoms with Crippen molar-refractivity contribution in [3.8, 4) is 0 Å². The Labute approximate surface area is 144 Å². The first kappa shape index (κ1) is 18.5. The third kappa shape index (κ3) is 9.13. The van der Waals surface area contributed by atoms with Crippen molar-refractivity contribution in [1.82, 2.24) is 0 Å². The molecule has 0 unspecified atom stereocenters. The second-order valence-corrected chi connectivity index (χ2v) is 4.96. The van der Waals surface area contributed by atoms with Crippen LogP contribution in [0.5, 0.6) is 0 Å². The molecule has 0 aliphatic heterocycles. The van der Waals surface area contributed by atoms with Crippen molar-refractivity contribution in [3.05, 3.63) is 120 Å². The van der Waals surface area contributed by atoms with E-state index in [1.165, 1.54) is 5.56 Å². The fraction of sp³-hybridized carbons (Fsp3) is 0. The number of rotatable bonds is 2. The summed E-state index contributed by atoms with van der Waals surface area (Å²) in [5.41, 5.74) is 2.27. The van der Waals surface area contributed by atoms with E-state index in [-0.39, 0.29) is 0 Å². The summed E-state index contributed by atoms with van der Waals surface area (Å²) in [5.74, 6) is 0. The van der Waals surface area contributed by atoms with E-state index in [2.05, 4.69) is 13.2 Å². The molecule has 116 valence electrons. The highest BCUT2D eigenvalue weighted by atomic mass is 35.5. The Kier molecular flexibility index (Phi) is 9.66. The summed E-state index contributed by atoms with van der Waals surface area (Å²) in [4.78, 5) is 0. The van der Waals surface area contributed by atoms with Crippen LogP contribution in [0.3, 0.4) is 0 Å². The Morgan fingerprint density at radius 2 is 0.870 bits per heavy atom. The van der Waals surface area contributed by atoms with Crippen LogP contribution in [0.25, 0.3) is 12.2 Å². The summed E-state index contributed by atoms with van der Waals surface area (Å²) >= 11 is 5.63. The molecule has 0 aliphatic rings. The molecule has 23 heavy (non-hydrogen) atoms. The molecule has 3 rings (SSSR count). The Hall–Kier alpha value is -2.57. The molecule has 0 spiro atoms. The number of hydrogen-bond donors (Lipinski definition) is 0. The zero-order valence-corrected chi connectivity index (χ0v) is 13.9. The van der Waals surface area contributed by atoms with Gasteiger partial charge >= 0.3 is 0 Å². The van der Waals surface area contributed by atoms with Crippen LogP contribution >= 0.6 is 11.6 Å². The molecule has 0 fully saturated rings. The smallest absolute Gasteiger partial charge is 0.0406 e. The van der Waals surface area contributed by atoms with Crippen molar-refractivity contribution in [2.24, 2.45) is 0 Å². The summed E-state index contributed by atoms with van der Waals surface area (Å²) in [6.45, 7) is 7.25. The summed E-state index contributed by atoms with van der Waals surface area (Å²) in [5, 5.41) is 0.764. The van der Waals surface area contributed by atoms with Crippen LogP contribution in [0.1, 0.15) is 11.1 Å². The predicted molar refractivity (Wildman–Crippen MR) is 105 cm³/mol. The third-order valence-electron chi connectivity index (χ3n) is 2.81. The zero-order valence-electron chi connectivity index (χ0n) is 13.1. The molecule has 3 aromatic carbocycles. The molecule has 3 aromatic rings. The van der Waals surface area contributed by atoms with Gasteiger partial charge in [0.05, 0.1) is 0 Å². The van der Waals surface area contributed by atoms with Gasteiger partial charge in [0.1, 0.15) is 0 Å². The second-order valence-electron chi connectivity index (χ2n) is 4.53. The largest absolute Gasteiger partial charge is 0.0985 e. The number of hydrogen-bond acceptors (Lipinski definition) is 0. The molecule has 0 saturated heterocycles. The molecule has 0 heterocycles. The molecule has 1 heteroatoms. The van der Waals surface area contributed by atoms with E-state index in [0.29, 0.717) is 0 Å². The average Bonchev–Trinajstić information content (AvgIpc) is 2.65. The Morgan fingerprint density at radius 1 is 0.522 bits per heavy atom. The van der Waals surface area contributed by atoms with Crippen LogP contribution in [0.2, 0.25) is 5.02 Å². The van der Waals surface area contributed by atoms with Gasteiger partial charge in [0.2, 0.25) is 0 Å². The van der Waals surface area contributed by atoms with E-state index >= 15 is 0 Å². The van der Waals surface area contributed by atoms with Gasteiger partial charge in [-0.25, -0.2) is 0 Å². The lowest BCUT2D eigenvalue weighted by molar-refractivity contribution is 1.66. The molecule has 0 amide bonds. The first-order valence-electron chi connectivity index (χ1n) is 7.31. The van der Waals surface area contributed by atoms with E-state index < -0.39 is 0 Å². The second kappa shape index (κ2) is 12.0. The van der Waals surface area contributed by atoms with Crippen LogP contribution in [-0.2, 0) is 0 Å². The Bertz CT molecular complexity index is 629. The van der Waals surface area contributed by atoms with Gasteiger partial charge in [-0.15, -0.1) is 0 Å². The van der Waals surface area contributed by atoms with E-state index in [4.69, 9.17) is 11.6 Å². The highest BCUT2D eigenvalue weighted by molar-refractivity contribution is 6.30. The normalized spacial score (nSPS) is 8.57. The maximum absolute atomic E-state index is 5.63. The van der Waals surface area contributed by atoms with Crippen molar-refractivity contribution in [2.45, 2.75) is 0 Å². The third-order valence-corrected chi connectivity index (χ3v) is 3.06. The molecule has 0 bridgehead atoms. The van der Waals surface area contributed by atoms with Crippen LogP contribution in [0.15, 0.2) is 104 Å². The van der Waals surface area contributed by atoms with Gasteiger partial charge in [-0.2, -0.15) is 0 Å². The lowest BCUT2D eigenvalue weighted by Crippen LogP contribution is -1.67. The quantitative estimate of drug-likeness (QED) is 0.477. The van der Waals surface area contributed by atoms with E-state index in [9.17, 15) is 0 Å². The molecule has 0 aromatic heterocycles. The molecule has 0 aliphatic carbocycles. The van der Waals surface area contributed by atoms with Crippen LogP contribution in [-0.4, -0.2) is 0 Å². The number of halogens is 1. The summed E-state index contributed by atoms with van der Waals surface area (Å²) in [7, 11) is 0. The first-order valence-corrected chi connectivity index (χ1v) is 7.69. The van der Waals surface area contributed by atoms with Gasteiger partial charge in [0, 0.05) is 5.02 Å². The molecule has 0 saturated carbocycles. The minimum absolute atomic E-state index is 0.764. The summed E-state index contributed by atoms with van der Waals surface area (Å²) in [6.07, 6.45) is 3.62. The minimum Gasteiger partial charge on any atom is -0.0985 e. The van der Waals surface area contributed by atoms with Crippen molar-refractivity contribution < 1.29 is 0 Å². The van der Waals surface area contributed by atoms with Gasteiger partial charge in [0.25, 0.3) is 0 Å². The minimum atomic E-state index is 0.764. The maximum atomic E-state index is 5.63. The summed E-state index contributed by atoms with van der Waals surface area (Å²) < 4.78 is 0. The van der Waals surface area contributed by atoms with Gasteiger partial charge in [-0.05, 0) is 23.3 Å². The van der Waals surface area contributed by atoms with Crippen LogP contribution in [0.4, 0.5) is 0 Å². The Balaban J connectivity index is 0.000000176. The van der Waals surface area contributed by atoms with E-state index in [1.807, 2.05) is 97.1 Å². The van der Waals surface area contributed by atoms with Crippen molar-refractivity contribution in [2.75, 3.05) is 0 Å². The average molecular weight is 321 g/mol. The monoisotopic (exact) mass is 320 g/mol.